The summed E-state index contributed by atoms with van der Waals surface area (Å²) in [6.07, 6.45) is 4.91. The number of benzene rings is 1. The molecule has 2 atom stereocenters. The van der Waals surface area contributed by atoms with E-state index < -0.39 is 0 Å². The van der Waals surface area contributed by atoms with Crippen LogP contribution in [0.1, 0.15) is 25.7 Å². The molecular formula is C16H24N2O3. The van der Waals surface area contributed by atoms with Gasteiger partial charge in [-0.2, -0.15) is 0 Å². The van der Waals surface area contributed by atoms with Crippen LogP contribution in [-0.2, 0) is 14.3 Å². The largest absolute Gasteiger partial charge is 0.380 e. The van der Waals surface area contributed by atoms with E-state index in [0.29, 0.717) is 6.04 Å². The van der Waals surface area contributed by atoms with Crippen LogP contribution in [0.15, 0.2) is 24.3 Å². The summed E-state index contributed by atoms with van der Waals surface area (Å²) in [7, 11) is 3.28. The SMILES string of the molecule is COCC(=O)Nc1cccc(NC2CCCCC2OC)c1. The maximum Gasteiger partial charge on any atom is 0.250 e. The number of rotatable bonds is 6. The molecule has 5 heteroatoms. The number of ether oxygens (including phenoxy) is 2. The van der Waals surface area contributed by atoms with Gasteiger partial charge >= 0.3 is 0 Å². The first kappa shape index (κ1) is 15.8. The van der Waals surface area contributed by atoms with E-state index in [1.807, 2.05) is 24.3 Å². The molecule has 116 valence electrons. The molecule has 1 amide bonds. The standard InChI is InChI=1S/C16H24N2O3/c1-20-11-16(19)18-13-7-5-6-12(10-13)17-14-8-3-4-9-15(14)21-2/h5-7,10,14-15,17H,3-4,8-9,11H2,1-2H3,(H,18,19). The summed E-state index contributed by atoms with van der Waals surface area (Å²) < 4.78 is 10.4. The molecule has 0 aliphatic heterocycles. The van der Waals surface area contributed by atoms with E-state index in [1.165, 1.54) is 20.0 Å². The highest BCUT2D eigenvalue weighted by molar-refractivity contribution is 5.92. The van der Waals surface area contributed by atoms with Crippen LogP contribution in [0.4, 0.5) is 11.4 Å². The van der Waals surface area contributed by atoms with Crippen LogP contribution in [0, 0.1) is 0 Å². The van der Waals surface area contributed by atoms with E-state index in [1.54, 1.807) is 7.11 Å². The molecule has 0 heterocycles. The van der Waals surface area contributed by atoms with Crippen molar-refractivity contribution in [2.24, 2.45) is 0 Å². The zero-order valence-electron chi connectivity index (χ0n) is 12.7. The fraction of sp³-hybridized carbons (Fsp3) is 0.562. The van der Waals surface area contributed by atoms with Crippen molar-refractivity contribution in [1.82, 2.24) is 0 Å². The number of nitrogens with one attached hydrogen (secondary N) is 2. The van der Waals surface area contributed by atoms with Crippen molar-refractivity contribution in [1.29, 1.82) is 0 Å². The molecule has 5 nitrogen and oxygen atoms in total. The fourth-order valence-corrected chi connectivity index (χ4v) is 2.77. The lowest BCUT2D eigenvalue weighted by Crippen LogP contribution is -2.37. The van der Waals surface area contributed by atoms with E-state index in [0.717, 1.165) is 24.2 Å². The average molecular weight is 292 g/mol. The van der Waals surface area contributed by atoms with Crippen molar-refractivity contribution in [2.45, 2.75) is 37.8 Å². The summed E-state index contributed by atoms with van der Waals surface area (Å²) in [6, 6.07) is 8.07. The van der Waals surface area contributed by atoms with Crippen molar-refractivity contribution >= 4 is 17.3 Å². The third-order valence-electron chi connectivity index (χ3n) is 3.78. The lowest BCUT2D eigenvalue weighted by Gasteiger charge is -2.31. The monoisotopic (exact) mass is 292 g/mol. The van der Waals surface area contributed by atoms with Crippen molar-refractivity contribution in [3.8, 4) is 0 Å². The Balaban J connectivity index is 1.98. The zero-order valence-corrected chi connectivity index (χ0v) is 12.7. The van der Waals surface area contributed by atoms with Crippen LogP contribution in [-0.4, -0.2) is 38.9 Å². The quantitative estimate of drug-likeness (QED) is 0.846. The molecule has 0 spiro atoms. The van der Waals surface area contributed by atoms with E-state index >= 15 is 0 Å². The maximum atomic E-state index is 11.5. The molecule has 0 bridgehead atoms. The Hall–Kier alpha value is -1.59. The third-order valence-corrected chi connectivity index (χ3v) is 3.78. The predicted molar refractivity (Wildman–Crippen MR) is 83.6 cm³/mol. The Kier molecular flexibility index (Phi) is 6.02. The highest BCUT2D eigenvalue weighted by Crippen LogP contribution is 2.25. The van der Waals surface area contributed by atoms with Crippen LogP contribution in [0.25, 0.3) is 0 Å². The van der Waals surface area contributed by atoms with Gasteiger partial charge in [-0.3, -0.25) is 4.79 Å². The van der Waals surface area contributed by atoms with Crippen LogP contribution >= 0.6 is 0 Å². The molecule has 0 saturated heterocycles. The number of hydrogen-bond acceptors (Lipinski definition) is 4. The van der Waals surface area contributed by atoms with Crippen LogP contribution < -0.4 is 10.6 Å². The van der Waals surface area contributed by atoms with Gasteiger partial charge in [0.1, 0.15) is 6.61 Å². The first-order valence-corrected chi connectivity index (χ1v) is 7.41. The van der Waals surface area contributed by atoms with Crippen molar-refractivity contribution < 1.29 is 14.3 Å². The number of carbonyl (C=O) groups excluding carboxylic acids is 1. The minimum Gasteiger partial charge on any atom is -0.380 e. The highest BCUT2D eigenvalue weighted by atomic mass is 16.5. The van der Waals surface area contributed by atoms with Gasteiger partial charge in [0.05, 0.1) is 12.1 Å². The molecule has 1 aromatic rings. The second-order valence-corrected chi connectivity index (χ2v) is 5.37. The van der Waals surface area contributed by atoms with Gasteiger partial charge in [-0.05, 0) is 31.0 Å². The summed E-state index contributed by atoms with van der Waals surface area (Å²) in [5, 5.41) is 6.33. The lowest BCUT2D eigenvalue weighted by atomic mass is 9.92. The van der Waals surface area contributed by atoms with Crippen LogP contribution in [0.2, 0.25) is 0 Å². The highest BCUT2D eigenvalue weighted by Gasteiger charge is 2.24. The van der Waals surface area contributed by atoms with Gasteiger partial charge in [-0.25, -0.2) is 0 Å². The first-order valence-electron chi connectivity index (χ1n) is 7.41. The molecular weight excluding hydrogens is 268 g/mol. The summed E-state index contributed by atoms with van der Waals surface area (Å²) in [5.74, 6) is -0.151. The Bertz CT molecular complexity index is 465. The predicted octanol–water partition coefficient (Wildman–Crippen LogP) is 2.64. The van der Waals surface area contributed by atoms with Crippen molar-refractivity contribution in [3.63, 3.8) is 0 Å². The molecule has 2 unspecified atom stereocenters. The van der Waals surface area contributed by atoms with Gasteiger partial charge in [-0.1, -0.05) is 18.9 Å². The average Bonchev–Trinajstić information content (AvgIpc) is 2.48. The molecule has 2 N–H and O–H groups in total. The Morgan fingerprint density at radius 1 is 1.24 bits per heavy atom. The second-order valence-electron chi connectivity index (χ2n) is 5.37. The Morgan fingerprint density at radius 2 is 2.00 bits per heavy atom. The van der Waals surface area contributed by atoms with E-state index in [4.69, 9.17) is 9.47 Å². The molecule has 0 aromatic heterocycles. The lowest BCUT2D eigenvalue weighted by molar-refractivity contribution is -0.119. The zero-order chi connectivity index (χ0) is 15.1. The van der Waals surface area contributed by atoms with Crippen molar-refractivity contribution in [3.05, 3.63) is 24.3 Å². The molecule has 1 aliphatic carbocycles. The Morgan fingerprint density at radius 3 is 2.76 bits per heavy atom. The van der Waals surface area contributed by atoms with Crippen molar-refractivity contribution in [2.75, 3.05) is 31.5 Å². The van der Waals surface area contributed by atoms with Gasteiger partial charge in [0.15, 0.2) is 0 Å². The molecule has 1 fully saturated rings. The van der Waals surface area contributed by atoms with Crippen LogP contribution in [0.3, 0.4) is 0 Å². The van der Waals surface area contributed by atoms with Gasteiger partial charge in [-0.15, -0.1) is 0 Å². The van der Waals surface area contributed by atoms with Gasteiger partial charge in [0.2, 0.25) is 5.91 Å². The molecule has 2 rings (SSSR count). The number of anilines is 2. The van der Waals surface area contributed by atoms with E-state index in [2.05, 4.69) is 10.6 Å². The smallest absolute Gasteiger partial charge is 0.250 e. The summed E-state index contributed by atoms with van der Waals surface area (Å²) >= 11 is 0. The molecule has 1 saturated carbocycles. The molecule has 1 aromatic carbocycles. The summed E-state index contributed by atoms with van der Waals surface area (Å²) in [4.78, 5) is 11.5. The molecule has 0 radical (unpaired) electrons. The number of hydrogen-bond donors (Lipinski definition) is 2. The molecule has 1 aliphatic rings. The number of carbonyl (C=O) groups is 1. The van der Waals surface area contributed by atoms with E-state index in [9.17, 15) is 4.79 Å². The molecule has 21 heavy (non-hydrogen) atoms. The maximum absolute atomic E-state index is 11.5. The van der Waals surface area contributed by atoms with Crippen LogP contribution in [0.5, 0.6) is 0 Å². The summed E-state index contributed by atoms with van der Waals surface area (Å²) in [5.41, 5.74) is 1.77. The van der Waals surface area contributed by atoms with Gasteiger partial charge < -0.3 is 20.1 Å². The minimum absolute atomic E-state index is 0.0615. The number of methoxy groups -OCH3 is 2. The van der Waals surface area contributed by atoms with Gasteiger partial charge in [0, 0.05) is 25.6 Å². The summed E-state index contributed by atoms with van der Waals surface area (Å²) in [6.45, 7) is 0.0615. The van der Waals surface area contributed by atoms with Gasteiger partial charge in [0.25, 0.3) is 0 Å². The topological polar surface area (TPSA) is 59.6 Å². The Labute approximate surface area is 126 Å². The number of amides is 1. The minimum atomic E-state index is -0.151. The van der Waals surface area contributed by atoms with E-state index in [-0.39, 0.29) is 18.6 Å². The fourth-order valence-electron chi connectivity index (χ4n) is 2.77. The third kappa shape index (κ3) is 4.72. The first-order chi connectivity index (χ1) is 10.2. The second kappa shape index (κ2) is 8.00. The normalized spacial score (nSPS) is 21.8.